The summed E-state index contributed by atoms with van der Waals surface area (Å²) in [5.74, 6) is 1.59. The van der Waals surface area contributed by atoms with E-state index in [4.69, 9.17) is 9.41 Å². The summed E-state index contributed by atoms with van der Waals surface area (Å²) in [7, 11) is 5.67. The van der Waals surface area contributed by atoms with Crippen LogP contribution in [0.3, 0.4) is 0 Å². The van der Waals surface area contributed by atoms with Crippen LogP contribution >= 0.6 is 24.0 Å². The maximum absolute atomic E-state index is 11.8. The highest BCUT2D eigenvalue weighted by Crippen LogP contribution is 2.18. The van der Waals surface area contributed by atoms with Crippen molar-refractivity contribution in [1.82, 2.24) is 20.9 Å². The normalized spacial score (nSPS) is 12.2. The summed E-state index contributed by atoms with van der Waals surface area (Å²) in [5, 5.41) is 9.29. The molecule has 8 heteroatoms. The number of carbonyl (C=O) groups excluding carboxylic acids is 1. The number of nitrogens with zero attached hydrogens (tertiary/aromatic N) is 2. The van der Waals surface area contributed by atoms with E-state index < -0.39 is 0 Å². The van der Waals surface area contributed by atoms with E-state index in [-0.39, 0.29) is 35.9 Å². The van der Waals surface area contributed by atoms with Crippen molar-refractivity contribution < 1.29 is 9.21 Å². The second-order valence-electron chi connectivity index (χ2n) is 6.67. The van der Waals surface area contributed by atoms with Gasteiger partial charge in [0, 0.05) is 25.7 Å². The van der Waals surface area contributed by atoms with Crippen molar-refractivity contribution in [3.8, 4) is 0 Å². The molecule has 7 nitrogen and oxygen atoms in total. The monoisotopic (exact) mass is 513 g/mol. The summed E-state index contributed by atoms with van der Waals surface area (Å²) in [6, 6.07) is 11.6. The first kappa shape index (κ1) is 25.0. The predicted octanol–water partition coefficient (Wildman–Crippen LogP) is 2.66. The number of hydrogen-bond acceptors (Lipinski definition) is 4. The Balaban J connectivity index is 0.00000420. The molecule has 0 aliphatic heterocycles. The Morgan fingerprint density at radius 1 is 1.21 bits per heavy atom. The molecule has 3 N–H and O–H groups in total. The number of halogens is 1. The van der Waals surface area contributed by atoms with Crippen molar-refractivity contribution in [2.24, 2.45) is 4.99 Å². The molecule has 1 heterocycles. The Morgan fingerprint density at radius 2 is 2.00 bits per heavy atom. The van der Waals surface area contributed by atoms with Crippen LogP contribution in [-0.4, -0.2) is 57.5 Å². The van der Waals surface area contributed by atoms with Crippen LogP contribution in [0.2, 0.25) is 0 Å². The number of carbonyl (C=O) groups is 1. The van der Waals surface area contributed by atoms with E-state index >= 15 is 0 Å². The zero-order chi connectivity index (χ0) is 20.4. The number of benzene rings is 1. The minimum atomic E-state index is -0.0719. The second-order valence-corrected chi connectivity index (χ2v) is 6.67. The Kier molecular flexibility index (Phi) is 11.4. The van der Waals surface area contributed by atoms with Crippen LogP contribution in [0.25, 0.3) is 0 Å². The van der Waals surface area contributed by atoms with Crippen LogP contribution in [0.1, 0.15) is 34.6 Å². The molecule has 0 saturated carbocycles. The van der Waals surface area contributed by atoms with Gasteiger partial charge in [0.15, 0.2) is 5.96 Å². The van der Waals surface area contributed by atoms with Gasteiger partial charge in [-0.15, -0.1) is 24.0 Å². The lowest BCUT2D eigenvalue weighted by Gasteiger charge is -2.21. The molecule has 1 aromatic heterocycles. The van der Waals surface area contributed by atoms with Gasteiger partial charge in [0.1, 0.15) is 5.76 Å². The molecule has 0 spiro atoms. The topological polar surface area (TPSA) is 81.9 Å². The first-order valence-corrected chi connectivity index (χ1v) is 9.58. The minimum absolute atomic E-state index is 0. The van der Waals surface area contributed by atoms with Crippen molar-refractivity contribution in [2.75, 3.05) is 40.8 Å². The van der Waals surface area contributed by atoms with Crippen molar-refractivity contribution in [3.63, 3.8) is 0 Å². The first-order chi connectivity index (χ1) is 13.5. The van der Waals surface area contributed by atoms with Crippen LogP contribution in [0, 0.1) is 0 Å². The molecule has 0 radical (unpaired) electrons. The molecule has 2 rings (SSSR count). The highest BCUT2D eigenvalue weighted by molar-refractivity contribution is 14.0. The molecule has 1 aromatic carbocycles. The molecular weight excluding hydrogens is 481 g/mol. The maximum atomic E-state index is 11.8. The van der Waals surface area contributed by atoms with Crippen molar-refractivity contribution in [2.45, 2.75) is 19.4 Å². The lowest BCUT2D eigenvalue weighted by molar-refractivity contribution is 0.0963. The Labute approximate surface area is 190 Å². The Morgan fingerprint density at radius 3 is 2.62 bits per heavy atom. The quantitative estimate of drug-likeness (QED) is 0.273. The van der Waals surface area contributed by atoms with E-state index in [0.29, 0.717) is 12.1 Å². The lowest BCUT2D eigenvalue weighted by Crippen LogP contribution is -2.39. The SMILES string of the molecule is CCNC(=NCC(c1ccco1)N(C)C)NCCc1cccc(C(=O)NC)c1.I. The lowest BCUT2D eigenvalue weighted by atomic mass is 10.1. The summed E-state index contributed by atoms with van der Waals surface area (Å²) >= 11 is 0. The number of amides is 1. The molecule has 1 amide bonds. The summed E-state index contributed by atoms with van der Waals surface area (Å²) < 4.78 is 5.54. The smallest absolute Gasteiger partial charge is 0.251 e. The third kappa shape index (κ3) is 8.06. The van der Waals surface area contributed by atoms with Gasteiger partial charge in [0.05, 0.1) is 18.8 Å². The number of furan rings is 1. The molecular formula is C21H32IN5O2. The fourth-order valence-corrected chi connectivity index (χ4v) is 2.85. The highest BCUT2D eigenvalue weighted by atomic mass is 127. The van der Waals surface area contributed by atoms with Crippen LogP contribution in [-0.2, 0) is 6.42 Å². The van der Waals surface area contributed by atoms with Gasteiger partial charge in [-0.2, -0.15) is 0 Å². The van der Waals surface area contributed by atoms with Gasteiger partial charge in [-0.1, -0.05) is 12.1 Å². The minimum Gasteiger partial charge on any atom is -0.468 e. The zero-order valence-electron chi connectivity index (χ0n) is 17.6. The average molecular weight is 513 g/mol. The van der Waals surface area contributed by atoms with E-state index in [1.807, 2.05) is 57.4 Å². The molecule has 0 aliphatic rings. The van der Waals surface area contributed by atoms with Gasteiger partial charge in [0.25, 0.3) is 5.91 Å². The second kappa shape index (κ2) is 13.2. The summed E-state index contributed by atoms with van der Waals surface area (Å²) in [6.07, 6.45) is 2.48. The van der Waals surface area contributed by atoms with E-state index in [1.165, 1.54) is 0 Å². The fraction of sp³-hybridized carbons (Fsp3) is 0.429. The molecule has 0 bridgehead atoms. The van der Waals surface area contributed by atoms with E-state index in [2.05, 4.69) is 20.9 Å². The van der Waals surface area contributed by atoms with Gasteiger partial charge >= 0.3 is 0 Å². The third-order valence-electron chi connectivity index (χ3n) is 4.38. The number of likely N-dealkylation sites (N-methyl/N-ethyl adjacent to an activating group) is 1. The van der Waals surface area contributed by atoms with E-state index in [1.54, 1.807) is 13.3 Å². The molecule has 2 aromatic rings. The van der Waals surface area contributed by atoms with Gasteiger partial charge in [-0.05, 0) is 57.3 Å². The zero-order valence-corrected chi connectivity index (χ0v) is 19.9. The number of aliphatic imine (C=N–C) groups is 1. The summed E-state index contributed by atoms with van der Waals surface area (Å²) in [4.78, 5) is 18.6. The van der Waals surface area contributed by atoms with Gasteiger partial charge in [-0.3, -0.25) is 14.7 Å². The van der Waals surface area contributed by atoms with E-state index in [9.17, 15) is 4.79 Å². The predicted molar refractivity (Wildman–Crippen MR) is 128 cm³/mol. The first-order valence-electron chi connectivity index (χ1n) is 9.58. The van der Waals surface area contributed by atoms with Gasteiger partial charge in [0.2, 0.25) is 0 Å². The van der Waals surface area contributed by atoms with E-state index in [0.717, 1.165) is 36.8 Å². The number of nitrogens with one attached hydrogen (secondary N) is 3. The molecule has 0 saturated heterocycles. The average Bonchev–Trinajstić information content (AvgIpc) is 3.22. The third-order valence-corrected chi connectivity index (χ3v) is 4.38. The van der Waals surface area contributed by atoms with Crippen LogP contribution in [0.4, 0.5) is 0 Å². The van der Waals surface area contributed by atoms with Gasteiger partial charge in [-0.25, -0.2) is 0 Å². The molecule has 29 heavy (non-hydrogen) atoms. The molecule has 0 fully saturated rings. The summed E-state index contributed by atoms with van der Waals surface area (Å²) in [6.45, 7) is 4.13. The van der Waals surface area contributed by atoms with Crippen LogP contribution in [0.5, 0.6) is 0 Å². The molecule has 1 unspecified atom stereocenters. The molecule has 1 atom stereocenters. The maximum Gasteiger partial charge on any atom is 0.251 e. The number of rotatable bonds is 9. The highest BCUT2D eigenvalue weighted by Gasteiger charge is 2.16. The Hall–Kier alpha value is -2.07. The van der Waals surface area contributed by atoms with Gasteiger partial charge < -0.3 is 20.4 Å². The van der Waals surface area contributed by atoms with Crippen molar-refractivity contribution in [3.05, 3.63) is 59.5 Å². The van der Waals surface area contributed by atoms with Crippen molar-refractivity contribution in [1.29, 1.82) is 0 Å². The van der Waals surface area contributed by atoms with Crippen LogP contribution in [0.15, 0.2) is 52.1 Å². The number of guanidine groups is 1. The Bertz CT molecular complexity index is 762. The molecule has 0 aliphatic carbocycles. The summed E-state index contributed by atoms with van der Waals surface area (Å²) in [5.41, 5.74) is 1.78. The molecule has 160 valence electrons. The standard InChI is InChI=1S/C21H31N5O2.HI/c1-5-23-21(25-15-18(26(3)4)19-10-7-13-28-19)24-12-11-16-8-6-9-17(14-16)20(27)22-2;/h6-10,13-14,18H,5,11-12,15H2,1-4H3,(H,22,27)(H2,23,24,25);1H. The number of hydrogen-bond donors (Lipinski definition) is 3. The largest absolute Gasteiger partial charge is 0.468 e. The van der Waals surface area contributed by atoms with Crippen LogP contribution < -0.4 is 16.0 Å². The van der Waals surface area contributed by atoms with Crippen molar-refractivity contribution >= 4 is 35.8 Å². The fourth-order valence-electron chi connectivity index (χ4n) is 2.85.